The van der Waals surface area contributed by atoms with Gasteiger partial charge >= 0.3 is 0 Å². The van der Waals surface area contributed by atoms with E-state index in [4.69, 9.17) is 9.47 Å². The van der Waals surface area contributed by atoms with Gasteiger partial charge in [0.15, 0.2) is 0 Å². The maximum atomic E-state index is 12.7. The first-order valence-electron chi connectivity index (χ1n) is 9.53. The topological polar surface area (TPSA) is 88.9 Å². The summed E-state index contributed by atoms with van der Waals surface area (Å²) < 4.78 is 11.9. The average molecular weight is 401 g/mol. The monoisotopic (exact) mass is 401 g/mol. The van der Waals surface area contributed by atoms with Crippen LogP contribution in [-0.4, -0.2) is 84.9 Å². The molecule has 0 unspecified atom stereocenters. The van der Waals surface area contributed by atoms with Crippen LogP contribution in [0.15, 0.2) is 30.5 Å². The van der Waals surface area contributed by atoms with Crippen molar-refractivity contribution in [3.05, 3.63) is 41.6 Å². The third-order valence-electron chi connectivity index (χ3n) is 4.94. The highest BCUT2D eigenvalue weighted by molar-refractivity contribution is 5.96. The molecule has 0 spiro atoms. The van der Waals surface area contributed by atoms with E-state index in [0.29, 0.717) is 36.6 Å². The summed E-state index contributed by atoms with van der Waals surface area (Å²) in [5, 5.41) is 7.07. The largest absolute Gasteiger partial charge is 0.497 e. The first-order valence-corrected chi connectivity index (χ1v) is 9.53. The van der Waals surface area contributed by atoms with Crippen LogP contribution in [-0.2, 0) is 7.05 Å². The van der Waals surface area contributed by atoms with E-state index in [1.165, 1.54) is 7.11 Å². The lowest BCUT2D eigenvalue weighted by atomic mass is 10.2. The van der Waals surface area contributed by atoms with E-state index in [1.54, 1.807) is 49.3 Å². The van der Waals surface area contributed by atoms with E-state index in [9.17, 15) is 9.59 Å². The molecule has 156 valence electrons. The van der Waals surface area contributed by atoms with Gasteiger partial charge < -0.3 is 19.7 Å². The van der Waals surface area contributed by atoms with Crippen molar-refractivity contribution < 1.29 is 19.1 Å². The van der Waals surface area contributed by atoms with E-state index in [2.05, 4.69) is 15.3 Å². The number of hydrogen-bond donors (Lipinski definition) is 1. The molecular formula is C20H27N5O4. The molecule has 1 aliphatic heterocycles. The Morgan fingerprint density at radius 1 is 1.07 bits per heavy atom. The van der Waals surface area contributed by atoms with Gasteiger partial charge in [0.25, 0.3) is 11.8 Å². The van der Waals surface area contributed by atoms with Crippen molar-refractivity contribution in [2.45, 2.75) is 0 Å². The van der Waals surface area contributed by atoms with Gasteiger partial charge in [0, 0.05) is 58.1 Å². The number of nitrogens with zero attached hydrogens (tertiary/aromatic N) is 4. The number of carbonyl (C=O) groups is 2. The summed E-state index contributed by atoms with van der Waals surface area (Å²) in [6.45, 7) is 4.06. The number of aryl methyl sites for hydroxylation is 1. The van der Waals surface area contributed by atoms with Crippen molar-refractivity contribution in [3.8, 4) is 11.6 Å². The van der Waals surface area contributed by atoms with Crippen LogP contribution in [0.25, 0.3) is 0 Å². The van der Waals surface area contributed by atoms with E-state index >= 15 is 0 Å². The molecule has 2 heterocycles. The number of hydrogen-bond acceptors (Lipinski definition) is 6. The molecule has 0 atom stereocenters. The number of methoxy groups -OCH3 is 2. The van der Waals surface area contributed by atoms with Crippen LogP contribution in [0.4, 0.5) is 0 Å². The summed E-state index contributed by atoms with van der Waals surface area (Å²) in [6.07, 6.45) is 1.68. The van der Waals surface area contributed by atoms with Crippen LogP contribution in [0.2, 0.25) is 0 Å². The van der Waals surface area contributed by atoms with Crippen LogP contribution < -0.4 is 14.8 Å². The molecule has 9 heteroatoms. The minimum atomic E-state index is -0.106. The molecule has 0 bridgehead atoms. The van der Waals surface area contributed by atoms with Crippen molar-refractivity contribution in [1.29, 1.82) is 0 Å². The number of aromatic nitrogens is 2. The number of rotatable bonds is 7. The van der Waals surface area contributed by atoms with Gasteiger partial charge in [-0.1, -0.05) is 0 Å². The Bertz CT molecular complexity index is 841. The molecule has 0 saturated carbocycles. The number of carbonyl (C=O) groups excluding carboxylic acids is 2. The zero-order valence-corrected chi connectivity index (χ0v) is 17.1. The van der Waals surface area contributed by atoms with Crippen molar-refractivity contribution in [3.63, 3.8) is 0 Å². The quantitative estimate of drug-likeness (QED) is 0.732. The third kappa shape index (κ3) is 5.05. The van der Waals surface area contributed by atoms with Crippen molar-refractivity contribution in [2.24, 2.45) is 7.05 Å². The van der Waals surface area contributed by atoms with Gasteiger partial charge in [-0.2, -0.15) is 0 Å². The molecule has 1 aromatic carbocycles. The second-order valence-electron chi connectivity index (χ2n) is 6.84. The third-order valence-corrected chi connectivity index (χ3v) is 4.94. The van der Waals surface area contributed by atoms with Gasteiger partial charge in [-0.25, -0.2) is 0 Å². The predicted molar refractivity (Wildman–Crippen MR) is 107 cm³/mol. The minimum absolute atomic E-state index is 0.0672. The van der Waals surface area contributed by atoms with Gasteiger partial charge in [0.2, 0.25) is 5.88 Å². The Balaban J connectivity index is 1.42. The molecule has 0 aliphatic carbocycles. The lowest BCUT2D eigenvalue weighted by molar-refractivity contribution is 0.0635. The standard InChI is InChI=1S/C20H27N5O4/c1-23-14-17(19(22-23)29-3)20(27)25-12-10-24(11-13-25)9-8-21-18(26)15-4-6-16(28-2)7-5-15/h4-7,14H,8-13H2,1-3H3,(H,21,26). The zero-order chi connectivity index (χ0) is 20.8. The highest BCUT2D eigenvalue weighted by atomic mass is 16.5. The first-order chi connectivity index (χ1) is 14.0. The number of piperazine rings is 1. The van der Waals surface area contributed by atoms with Gasteiger partial charge in [-0.3, -0.25) is 19.2 Å². The Kier molecular flexibility index (Phi) is 6.71. The lowest BCUT2D eigenvalue weighted by Crippen LogP contribution is -2.50. The Morgan fingerprint density at radius 2 is 1.76 bits per heavy atom. The number of amides is 2. The van der Waals surface area contributed by atoms with Crippen molar-refractivity contribution >= 4 is 11.8 Å². The maximum absolute atomic E-state index is 12.7. The SMILES string of the molecule is COc1ccc(C(=O)NCCN2CCN(C(=O)c3cn(C)nc3OC)CC2)cc1. The fourth-order valence-corrected chi connectivity index (χ4v) is 3.28. The molecule has 29 heavy (non-hydrogen) atoms. The first kappa shape index (κ1) is 20.7. The maximum Gasteiger partial charge on any atom is 0.261 e. The van der Waals surface area contributed by atoms with Crippen LogP contribution in [0.5, 0.6) is 11.6 Å². The van der Waals surface area contributed by atoms with Crippen LogP contribution >= 0.6 is 0 Å². The molecule has 9 nitrogen and oxygen atoms in total. The fourth-order valence-electron chi connectivity index (χ4n) is 3.28. The molecule has 1 aromatic heterocycles. The number of nitrogens with one attached hydrogen (secondary N) is 1. The summed E-state index contributed by atoms with van der Waals surface area (Å²) in [5.41, 5.74) is 1.09. The van der Waals surface area contributed by atoms with Crippen LogP contribution in [0.3, 0.4) is 0 Å². The molecule has 1 N–H and O–H groups in total. The molecular weight excluding hydrogens is 374 g/mol. The Morgan fingerprint density at radius 3 is 2.38 bits per heavy atom. The summed E-state index contributed by atoms with van der Waals surface area (Å²) in [5.74, 6) is 0.895. The zero-order valence-electron chi connectivity index (χ0n) is 17.1. The second-order valence-corrected chi connectivity index (χ2v) is 6.84. The number of ether oxygens (including phenoxy) is 2. The summed E-state index contributed by atoms with van der Waals surface area (Å²) in [6, 6.07) is 7.02. The van der Waals surface area contributed by atoms with Gasteiger partial charge in [0.1, 0.15) is 11.3 Å². The van der Waals surface area contributed by atoms with Gasteiger partial charge in [-0.05, 0) is 24.3 Å². The van der Waals surface area contributed by atoms with E-state index in [1.807, 2.05) is 4.90 Å². The van der Waals surface area contributed by atoms with E-state index < -0.39 is 0 Å². The van der Waals surface area contributed by atoms with Gasteiger partial charge in [0.05, 0.1) is 14.2 Å². The number of benzene rings is 1. The minimum Gasteiger partial charge on any atom is -0.497 e. The summed E-state index contributed by atoms with van der Waals surface area (Å²) >= 11 is 0. The summed E-state index contributed by atoms with van der Waals surface area (Å²) in [4.78, 5) is 29.0. The normalized spacial score (nSPS) is 14.5. The Hall–Kier alpha value is -3.07. The molecule has 2 aromatic rings. The summed E-state index contributed by atoms with van der Waals surface area (Å²) in [7, 11) is 4.87. The molecule has 0 radical (unpaired) electrons. The molecule has 1 fully saturated rings. The molecule has 1 saturated heterocycles. The highest BCUT2D eigenvalue weighted by Gasteiger charge is 2.26. The molecule has 1 aliphatic rings. The molecule has 2 amide bonds. The Labute approximate surface area is 170 Å². The van der Waals surface area contributed by atoms with Crippen molar-refractivity contribution in [2.75, 3.05) is 53.5 Å². The fraction of sp³-hybridized carbons (Fsp3) is 0.450. The highest BCUT2D eigenvalue weighted by Crippen LogP contribution is 2.18. The van der Waals surface area contributed by atoms with Crippen LogP contribution in [0.1, 0.15) is 20.7 Å². The lowest BCUT2D eigenvalue weighted by Gasteiger charge is -2.34. The van der Waals surface area contributed by atoms with Crippen LogP contribution in [0, 0.1) is 0 Å². The van der Waals surface area contributed by atoms with E-state index in [-0.39, 0.29) is 11.8 Å². The van der Waals surface area contributed by atoms with E-state index in [0.717, 1.165) is 25.4 Å². The molecule has 3 rings (SSSR count). The van der Waals surface area contributed by atoms with Crippen molar-refractivity contribution in [1.82, 2.24) is 24.9 Å². The van der Waals surface area contributed by atoms with Gasteiger partial charge in [-0.15, -0.1) is 5.10 Å². The smallest absolute Gasteiger partial charge is 0.261 e. The second kappa shape index (κ2) is 9.42. The predicted octanol–water partition coefficient (Wildman–Crippen LogP) is 0.625. The average Bonchev–Trinajstić information content (AvgIpc) is 3.14.